The number of aromatic carboxylic acids is 1. The first-order chi connectivity index (χ1) is 8.76. The third kappa shape index (κ3) is 4.22. The molecule has 0 saturated heterocycles. The Balaban J connectivity index is 3.13. The van der Waals surface area contributed by atoms with Crippen LogP contribution in [0.1, 0.15) is 21.5 Å². The highest BCUT2D eigenvalue weighted by atomic mass is 32.2. The van der Waals surface area contributed by atoms with Gasteiger partial charge < -0.3 is 9.84 Å². The lowest BCUT2D eigenvalue weighted by atomic mass is 10.0. The van der Waals surface area contributed by atoms with E-state index in [-0.39, 0.29) is 23.6 Å². The van der Waals surface area contributed by atoms with Crippen molar-refractivity contribution >= 4 is 21.7 Å². The maximum absolute atomic E-state index is 11.7. The molecule has 2 N–H and O–H groups in total. The number of hydrogen-bond donors (Lipinski definition) is 2. The Morgan fingerprint density at radius 2 is 1.89 bits per heavy atom. The van der Waals surface area contributed by atoms with Gasteiger partial charge in [-0.1, -0.05) is 0 Å². The molecule has 19 heavy (non-hydrogen) atoms. The van der Waals surface area contributed by atoms with Crippen LogP contribution in [0.15, 0.2) is 12.1 Å². The first-order valence-electron chi connectivity index (χ1n) is 5.61. The van der Waals surface area contributed by atoms with Gasteiger partial charge in [-0.05, 0) is 37.1 Å². The van der Waals surface area contributed by atoms with Crippen LogP contribution in [0.4, 0.5) is 5.69 Å². The second kappa shape index (κ2) is 6.03. The minimum absolute atomic E-state index is 0.0442. The summed E-state index contributed by atoms with van der Waals surface area (Å²) in [7, 11) is -2.22. The van der Waals surface area contributed by atoms with E-state index < -0.39 is 16.0 Å². The van der Waals surface area contributed by atoms with Crippen LogP contribution in [-0.4, -0.2) is 39.0 Å². The second-order valence-corrected chi connectivity index (χ2v) is 6.04. The molecule has 0 unspecified atom stereocenters. The van der Waals surface area contributed by atoms with Crippen LogP contribution in [0.25, 0.3) is 0 Å². The summed E-state index contributed by atoms with van der Waals surface area (Å²) >= 11 is 0. The molecule has 0 aromatic heterocycles. The number of carboxylic acid groups (broad SMARTS) is 1. The number of rotatable bonds is 6. The molecule has 1 aromatic rings. The number of nitrogens with one attached hydrogen (secondary N) is 1. The summed E-state index contributed by atoms with van der Waals surface area (Å²) < 4.78 is 30.5. The predicted molar refractivity (Wildman–Crippen MR) is 72.2 cm³/mol. The molecule has 0 saturated carbocycles. The third-order valence-corrected chi connectivity index (χ3v) is 3.92. The molecule has 106 valence electrons. The Hall–Kier alpha value is -1.60. The molecule has 0 radical (unpaired) electrons. The fourth-order valence-electron chi connectivity index (χ4n) is 1.49. The van der Waals surface area contributed by atoms with Crippen molar-refractivity contribution in [3.05, 3.63) is 28.8 Å². The fourth-order valence-corrected chi connectivity index (χ4v) is 2.48. The zero-order valence-corrected chi connectivity index (χ0v) is 11.9. The summed E-state index contributed by atoms with van der Waals surface area (Å²) in [6.45, 7) is 3.60. The fraction of sp³-hybridized carbons (Fsp3) is 0.417. The monoisotopic (exact) mass is 287 g/mol. The van der Waals surface area contributed by atoms with Gasteiger partial charge in [-0.3, -0.25) is 4.72 Å². The van der Waals surface area contributed by atoms with E-state index in [1.807, 2.05) is 0 Å². The van der Waals surface area contributed by atoms with Gasteiger partial charge in [0.25, 0.3) is 0 Å². The summed E-state index contributed by atoms with van der Waals surface area (Å²) in [6.07, 6.45) is 0. The maximum Gasteiger partial charge on any atom is 0.337 e. The lowest BCUT2D eigenvalue weighted by molar-refractivity contribution is 0.0698. The molecule has 6 nitrogen and oxygen atoms in total. The van der Waals surface area contributed by atoms with E-state index in [0.717, 1.165) is 11.1 Å². The molecule has 7 heteroatoms. The zero-order valence-electron chi connectivity index (χ0n) is 11.1. The molecular formula is C12H17NO5S. The van der Waals surface area contributed by atoms with Gasteiger partial charge in [0.2, 0.25) is 10.0 Å². The lowest BCUT2D eigenvalue weighted by Crippen LogP contribution is -2.21. The van der Waals surface area contributed by atoms with Crippen LogP contribution in [0, 0.1) is 13.8 Å². The van der Waals surface area contributed by atoms with Gasteiger partial charge in [-0.2, -0.15) is 0 Å². The van der Waals surface area contributed by atoms with E-state index in [4.69, 9.17) is 9.84 Å². The Labute approximate surface area is 112 Å². The topological polar surface area (TPSA) is 92.7 Å². The van der Waals surface area contributed by atoms with Crippen molar-refractivity contribution in [3.8, 4) is 0 Å². The Morgan fingerprint density at radius 1 is 1.32 bits per heavy atom. The molecule has 0 aliphatic carbocycles. The normalized spacial score (nSPS) is 11.3. The minimum Gasteiger partial charge on any atom is -0.478 e. The number of carbonyl (C=O) groups is 1. The zero-order chi connectivity index (χ0) is 14.6. The highest BCUT2D eigenvalue weighted by molar-refractivity contribution is 7.92. The summed E-state index contributed by atoms with van der Waals surface area (Å²) in [5.41, 5.74) is 1.61. The van der Waals surface area contributed by atoms with Crippen LogP contribution in [0.5, 0.6) is 0 Å². The minimum atomic E-state index is -3.62. The third-order valence-electron chi connectivity index (χ3n) is 2.69. The number of benzene rings is 1. The van der Waals surface area contributed by atoms with Gasteiger partial charge in [0.1, 0.15) is 0 Å². The molecule has 0 bridgehead atoms. The number of methoxy groups -OCH3 is 1. The average molecular weight is 287 g/mol. The number of sulfonamides is 1. The number of hydrogen-bond acceptors (Lipinski definition) is 4. The molecule has 0 aliphatic rings. The smallest absolute Gasteiger partial charge is 0.337 e. The second-order valence-electron chi connectivity index (χ2n) is 4.20. The van der Waals surface area contributed by atoms with Crippen LogP contribution in [0.3, 0.4) is 0 Å². The summed E-state index contributed by atoms with van der Waals surface area (Å²) in [5, 5.41) is 9.09. The van der Waals surface area contributed by atoms with E-state index in [1.165, 1.54) is 19.2 Å². The van der Waals surface area contributed by atoms with Crippen molar-refractivity contribution in [1.29, 1.82) is 0 Å². The Kier molecular flexibility index (Phi) is 4.90. The van der Waals surface area contributed by atoms with Crippen LogP contribution in [0.2, 0.25) is 0 Å². The molecule has 0 atom stereocenters. The molecule has 0 amide bonds. The van der Waals surface area contributed by atoms with Crippen LogP contribution in [-0.2, 0) is 14.8 Å². The number of carboxylic acids is 1. The summed E-state index contributed by atoms with van der Waals surface area (Å²) in [5.74, 6) is -1.40. The van der Waals surface area contributed by atoms with Gasteiger partial charge in [0, 0.05) is 7.11 Å². The van der Waals surface area contributed by atoms with Gasteiger partial charge in [0.15, 0.2) is 0 Å². The molecule has 0 fully saturated rings. The first kappa shape index (κ1) is 15.5. The van der Waals surface area contributed by atoms with Crippen molar-refractivity contribution in [2.45, 2.75) is 13.8 Å². The van der Waals surface area contributed by atoms with Crippen molar-refractivity contribution in [2.24, 2.45) is 0 Å². The van der Waals surface area contributed by atoms with E-state index >= 15 is 0 Å². The quantitative estimate of drug-likeness (QED) is 0.824. The highest BCUT2D eigenvalue weighted by Gasteiger charge is 2.17. The Morgan fingerprint density at radius 3 is 2.42 bits per heavy atom. The largest absolute Gasteiger partial charge is 0.478 e. The van der Waals surface area contributed by atoms with Gasteiger partial charge in [-0.25, -0.2) is 13.2 Å². The molecule has 1 aromatic carbocycles. The van der Waals surface area contributed by atoms with Gasteiger partial charge in [0.05, 0.1) is 23.6 Å². The average Bonchev–Trinajstić information content (AvgIpc) is 2.30. The highest BCUT2D eigenvalue weighted by Crippen LogP contribution is 2.22. The van der Waals surface area contributed by atoms with E-state index in [0.29, 0.717) is 0 Å². The molecule has 1 rings (SSSR count). The van der Waals surface area contributed by atoms with E-state index in [9.17, 15) is 13.2 Å². The number of aryl methyl sites for hydroxylation is 2. The standard InChI is InChI=1S/C12H17NO5S/c1-8-6-10(12(14)15)11(7-9(8)2)13-19(16,17)5-4-18-3/h6-7,13H,4-5H2,1-3H3,(H,14,15). The molecule has 0 aliphatic heterocycles. The van der Waals surface area contributed by atoms with Crippen LogP contribution >= 0.6 is 0 Å². The molecule has 0 spiro atoms. The van der Waals surface area contributed by atoms with Crippen LogP contribution < -0.4 is 4.72 Å². The predicted octanol–water partition coefficient (Wildman–Crippen LogP) is 1.39. The summed E-state index contributed by atoms with van der Waals surface area (Å²) in [4.78, 5) is 11.1. The van der Waals surface area contributed by atoms with Crippen molar-refractivity contribution in [2.75, 3.05) is 24.2 Å². The van der Waals surface area contributed by atoms with Gasteiger partial charge in [-0.15, -0.1) is 0 Å². The first-order valence-corrected chi connectivity index (χ1v) is 7.26. The van der Waals surface area contributed by atoms with Crippen molar-refractivity contribution < 1.29 is 23.1 Å². The summed E-state index contributed by atoms with van der Waals surface area (Å²) in [6, 6.07) is 2.97. The SMILES string of the molecule is COCCS(=O)(=O)Nc1cc(C)c(C)cc1C(=O)O. The van der Waals surface area contributed by atoms with Crippen molar-refractivity contribution in [1.82, 2.24) is 0 Å². The maximum atomic E-state index is 11.7. The number of ether oxygens (including phenoxy) is 1. The number of anilines is 1. The van der Waals surface area contributed by atoms with Gasteiger partial charge >= 0.3 is 5.97 Å². The van der Waals surface area contributed by atoms with E-state index in [1.54, 1.807) is 13.8 Å². The Bertz CT molecular complexity index is 580. The molecule has 0 heterocycles. The van der Waals surface area contributed by atoms with E-state index in [2.05, 4.69) is 4.72 Å². The molecular weight excluding hydrogens is 270 g/mol. The van der Waals surface area contributed by atoms with Crippen molar-refractivity contribution in [3.63, 3.8) is 0 Å². The lowest BCUT2D eigenvalue weighted by Gasteiger charge is -2.12.